The highest BCUT2D eigenvalue weighted by molar-refractivity contribution is 7.80. The predicted octanol–water partition coefficient (Wildman–Crippen LogP) is 2.25. The van der Waals surface area contributed by atoms with E-state index in [1.54, 1.807) is 0 Å². The lowest BCUT2D eigenvalue weighted by molar-refractivity contribution is -0.122. The van der Waals surface area contributed by atoms with Crippen LogP contribution in [0.25, 0.3) is 0 Å². The second-order valence-corrected chi connectivity index (χ2v) is 7.18. The molecule has 0 aliphatic heterocycles. The van der Waals surface area contributed by atoms with E-state index in [4.69, 9.17) is 12.2 Å². The molecule has 3 aliphatic rings. The topological polar surface area (TPSA) is 53.2 Å². The molecule has 3 N–H and O–H groups in total. The predicted molar refractivity (Wildman–Crippen MR) is 82.8 cm³/mol. The van der Waals surface area contributed by atoms with Crippen molar-refractivity contribution < 1.29 is 4.79 Å². The molecule has 0 radical (unpaired) electrons. The van der Waals surface area contributed by atoms with Gasteiger partial charge in [0.25, 0.3) is 0 Å². The van der Waals surface area contributed by atoms with Crippen LogP contribution in [0.5, 0.6) is 0 Å². The molecule has 3 atom stereocenters. The summed E-state index contributed by atoms with van der Waals surface area (Å²) in [5.41, 5.74) is 5.60. The van der Waals surface area contributed by atoms with Crippen LogP contribution >= 0.6 is 12.2 Å². The Labute approximate surface area is 126 Å². The lowest BCUT2D eigenvalue weighted by Crippen LogP contribution is -2.49. The van der Waals surface area contributed by atoms with E-state index in [0.717, 1.165) is 11.8 Å². The Bertz CT molecular complexity index is 381. The monoisotopic (exact) mass is 295 g/mol. The SMILES string of the molecule is O=C(C[C@@H]1C[C@H]2CC[C@@H]1C2)NNC(=S)NC1CCCC1. The van der Waals surface area contributed by atoms with E-state index in [-0.39, 0.29) is 5.91 Å². The molecule has 3 rings (SSSR count). The van der Waals surface area contributed by atoms with Crippen LogP contribution in [-0.4, -0.2) is 17.1 Å². The minimum Gasteiger partial charge on any atom is -0.359 e. The number of carbonyl (C=O) groups is 1. The minimum atomic E-state index is 0.0816. The van der Waals surface area contributed by atoms with E-state index in [2.05, 4.69) is 16.2 Å². The summed E-state index contributed by atoms with van der Waals surface area (Å²) in [4.78, 5) is 12.0. The molecule has 0 saturated heterocycles. The molecule has 1 amide bonds. The fourth-order valence-corrected chi connectivity index (χ4v) is 4.55. The Morgan fingerprint density at radius 1 is 1.05 bits per heavy atom. The largest absolute Gasteiger partial charge is 0.359 e. The third-order valence-corrected chi connectivity index (χ3v) is 5.56. The van der Waals surface area contributed by atoms with Gasteiger partial charge in [0, 0.05) is 12.5 Å². The van der Waals surface area contributed by atoms with Crippen molar-refractivity contribution in [2.75, 3.05) is 0 Å². The van der Waals surface area contributed by atoms with Crippen LogP contribution in [0.2, 0.25) is 0 Å². The lowest BCUT2D eigenvalue weighted by Gasteiger charge is -2.21. The number of thiocarbonyl (C=S) groups is 1. The van der Waals surface area contributed by atoms with Crippen LogP contribution in [0.1, 0.15) is 57.8 Å². The van der Waals surface area contributed by atoms with Crippen molar-refractivity contribution in [3.8, 4) is 0 Å². The van der Waals surface area contributed by atoms with E-state index in [1.807, 2.05) is 0 Å². The van der Waals surface area contributed by atoms with E-state index in [1.165, 1.54) is 51.4 Å². The van der Waals surface area contributed by atoms with Gasteiger partial charge in [-0.1, -0.05) is 19.3 Å². The van der Waals surface area contributed by atoms with Gasteiger partial charge >= 0.3 is 0 Å². The summed E-state index contributed by atoms with van der Waals surface area (Å²) in [6, 6.07) is 0.484. The first-order valence-electron chi connectivity index (χ1n) is 8.06. The maximum absolute atomic E-state index is 12.0. The Morgan fingerprint density at radius 3 is 2.50 bits per heavy atom. The van der Waals surface area contributed by atoms with Gasteiger partial charge in [-0.3, -0.25) is 15.6 Å². The number of carbonyl (C=O) groups excluding carboxylic acids is 1. The third-order valence-electron chi connectivity index (χ3n) is 5.34. The van der Waals surface area contributed by atoms with Crippen molar-refractivity contribution >= 4 is 23.2 Å². The maximum Gasteiger partial charge on any atom is 0.238 e. The van der Waals surface area contributed by atoms with Crippen LogP contribution in [0.4, 0.5) is 0 Å². The molecular formula is C15H25N3OS. The average molecular weight is 295 g/mol. The van der Waals surface area contributed by atoms with Gasteiger partial charge in [0.2, 0.25) is 5.91 Å². The normalized spacial score (nSPS) is 32.3. The fourth-order valence-electron chi connectivity index (χ4n) is 4.33. The molecule has 0 unspecified atom stereocenters. The smallest absolute Gasteiger partial charge is 0.238 e. The first kappa shape index (κ1) is 14.1. The number of hydrogen-bond donors (Lipinski definition) is 3. The number of amides is 1. The van der Waals surface area contributed by atoms with Gasteiger partial charge in [-0.15, -0.1) is 0 Å². The number of hydrogen-bond acceptors (Lipinski definition) is 2. The van der Waals surface area contributed by atoms with Crippen molar-refractivity contribution in [2.24, 2.45) is 17.8 Å². The number of hydrazine groups is 1. The molecular weight excluding hydrogens is 270 g/mol. The van der Waals surface area contributed by atoms with Crippen LogP contribution in [0.3, 0.4) is 0 Å². The highest BCUT2D eigenvalue weighted by Gasteiger charge is 2.40. The third kappa shape index (κ3) is 3.43. The molecule has 4 nitrogen and oxygen atoms in total. The van der Waals surface area contributed by atoms with Gasteiger partial charge in [0.1, 0.15) is 0 Å². The average Bonchev–Trinajstić information content (AvgIpc) is 3.13. The van der Waals surface area contributed by atoms with Gasteiger partial charge in [0.15, 0.2) is 5.11 Å². The Balaban J connectivity index is 1.33. The summed E-state index contributed by atoms with van der Waals surface area (Å²) in [6.45, 7) is 0. The maximum atomic E-state index is 12.0. The standard InChI is InChI=1S/C15H25N3OS/c19-14(9-12-8-10-5-6-11(12)7-10)17-18-15(20)16-13-3-1-2-4-13/h10-13H,1-9H2,(H,17,19)(H2,16,18,20)/t10-,11+,12-/m0/s1. The highest BCUT2D eigenvalue weighted by atomic mass is 32.1. The minimum absolute atomic E-state index is 0.0816. The van der Waals surface area contributed by atoms with Crippen LogP contribution in [-0.2, 0) is 4.79 Å². The van der Waals surface area contributed by atoms with Gasteiger partial charge in [-0.05, 0) is 62.1 Å². The summed E-state index contributed by atoms with van der Waals surface area (Å²) >= 11 is 5.21. The number of rotatable bonds is 3. The van der Waals surface area contributed by atoms with Gasteiger partial charge in [-0.2, -0.15) is 0 Å². The van der Waals surface area contributed by atoms with Crippen LogP contribution in [0, 0.1) is 17.8 Å². The molecule has 0 aromatic rings. The molecule has 3 aliphatic carbocycles. The first-order valence-corrected chi connectivity index (χ1v) is 8.47. The number of fused-ring (bicyclic) bond motifs is 2. The summed E-state index contributed by atoms with van der Waals surface area (Å²) in [6.07, 6.45) is 10.9. The van der Waals surface area contributed by atoms with Gasteiger partial charge in [-0.25, -0.2) is 0 Å². The number of nitrogens with one attached hydrogen (secondary N) is 3. The Morgan fingerprint density at radius 2 is 1.85 bits per heavy atom. The van der Waals surface area contributed by atoms with E-state index >= 15 is 0 Å². The zero-order valence-corrected chi connectivity index (χ0v) is 12.8. The van der Waals surface area contributed by atoms with Crippen molar-refractivity contribution in [3.63, 3.8) is 0 Å². The zero-order valence-electron chi connectivity index (χ0n) is 12.0. The summed E-state index contributed by atoms with van der Waals surface area (Å²) in [5.74, 6) is 2.38. The van der Waals surface area contributed by atoms with Crippen LogP contribution in [0.15, 0.2) is 0 Å². The molecule has 5 heteroatoms. The fraction of sp³-hybridized carbons (Fsp3) is 0.867. The Kier molecular flexibility index (Phi) is 4.44. The molecule has 0 aromatic carbocycles. The van der Waals surface area contributed by atoms with E-state index in [9.17, 15) is 4.79 Å². The van der Waals surface area contributed by atoms with Crippen molar-refractivity contribution in [1.29, 1.82) is 0 Å². The lowest BCUT2D eigenvalue weighted by atomic mass is 9.86. The van der Waals surface area contributed by atoms with Gasteiger partial charge in [0.05, 0.1) is 0 Å². The molecule has 0 spiro atoms. The summed E-state index contributed by atoms with van der Waals surface area (Å²) in [5, 5.41) is 3.81. The Hall–Kier alpha value is -0.840. The zero-order chi connectivity index (χ0) is 13.9. The first-order chi connectivity index (χ1) is 9.70. The van der Waals surface area contributed by atoms with Gasteiger partial charge < -0.3 is 5.32 Å². The highest BCUT2D eigenvalue weighted by Crippen LogP contribution is 2.49. The van der Waals surface area contributed by atoms with Crippen molar-refractivity contribution in [1.82, 2.24) is 16.2 Å². The molecule has 0 aromatic heterocycles. The summed E-state index contributed by atoms with van der Waals surface area (Å²) in [7, 11) is 0. The van der Waals surface area contributed by atoms with E-state index < -0.39 is 0 Å². The molecule has 20 heavy (non-hydrogen) atoms. The molecule has 2 bridgehead atoms. The van der Waals surface area contributed by atoms with Crippen molar-refractivity contribution in [2.45, 2.75) is 63.8 Å². The molecule has 112 valence electrons. The molecule has 0 heterocycles. The van der Waals surface area contributed by atoms with Crippen molar-refractivity contribution in [3.05, 3.63) is 0 Å². The second kappa shape index (κ2) is 6.29. The van der Waals surface area contributed by atoms with E-state index in [0.29, 0.717) is 23.5 Å². The molecule has 3 saturated carbocycles. The van der Waals surface area contributed by atoms with Crippen LogP contribution < -0.4 is 16.2 Å². The quantitative estimate of drug-likeness (QED) is 0.552. The second-order valence-electron chi connectivity index (χ2n) is 6.77. The summed E-state index contributed by atoms with van der Waals surface area (Å²) < 4.78 is 0. The molecule has 3 fully saturated rings.